The fraction of sp³-hybridized carbons (Fsp3) is 0.619. The van der Waals surface area contributed by atoms with E-state index in [1.807, 2.05) is 12.1 Å². The molecule has 28 heavy (non-hydrogen) atoms. The second-order valence-electron chi connectivity index (χ2n) is 7.89. The van der Waals surface area contributed by atoms with Gasteiger partial charge in [-0.3, -0.25) is 19.4 Å². The molecular weight excluding hydrogens is 376 g/mol. The van der Waals surface area contributed by atoms with Gasteiger partial charge in [-0.05, 0) is 30.9 Å². The summed E-state index contributed by atoms with van der Waals surface area (Å²) in [6, 6.07) is 7.24. The van der Waals surface area contributed by atoms with E-state index in [2.05, 4.69) is 20.4 Å². The first-order valence-electron chi connectivity index (χ1n) is 10.4. The van der Waals surface area contributed by atoms with Crippen LogP contribution < -0.4 is 10.6 Å². The highest BCUT2D eigenvalue weighted by Crippen LogP contribution is 2.22. The van der Waals surface area contributed by atoms with Crippen LogP contribution in [0.25, 0.3) is 0 Å². The van der Waals surface area contributed by atoms with E-state index >= 15 is 0 Å². The van der Waals surface area contributed by atoms with E-state index in [0.717, 1.165) is 32.7 Å². The minimum absolute atomic E-state index is 0.0632. The molecule has 3 rings (SSSR count). The van der Waals surface area contributed by atoms with Crippen LogP contribution in [0, 0.1) is 5.92 Å². The van der Waals surface area contributed by atoms with E-state index in [0.29, 0.717) is 29.7 Å². The van der Waals surface area contributed by atoms with Crippen LogP contribution in [0.1, 0.15) is 32.1 Å². The first-order valence-corrected chi connectivity index (χ1v) is 10.7. The van der Waals surface area contributed by atoms with E-state index in [-0.39, 0.29) is 11.8 Å². The molecule has 0 spiro atoms. The Morgan fingerprint density at radius 3 is 2.18 bits per heavy atom. The third kappa shape index (κ3) is 6.76. The lowest BCUT2D eigenvalue weighted by Crippen LogP contribution is -2.51. The average molecular weight is 407 g/mol. The van der Waals surface area contributed by atoms with Crippen molar-refractivity contribution in [3.05, 3.63) is 29.3 Å². The van der Waals surface area contributed by atoms with E-state index in [4.69, 9.17) is 11.6 Å². The van der Waals surface area contributed by atoms with Crippen molar-refractivity contribution in [3.63, 3.8) is 0 Å². The number of rotatable bonds is 7. The van der Waals surface area contributed by atoms with Gasteiger partial charge in [-0.25, -0.2) is 0 Å². The molecule has 0 unspecified atom stereocenters. The number of hydrogen-bond donors (Lipinski definition) is 2. The first kappa shape index (κ1) is 21.1. The molecule has 2 N–H and O–H groups in total. The number of carbonyl (C=O) groups excluding carboxylic acids is 2. The summed E-state index contributed by atoms with van der Waals surface area (Å²) >= 11 is 6.08. The van der Waals surface area contributed by atoms with Gasteiger partial charge in [0.15, 0.2) is 0 Å². The molecule has 1 heterocycles. The van der Waals surface area contributed by atoms with Crippen LogP contribution in [0.4, 0.5) is 5.69 Å². The Labute approximate surface area is 172 Å². The number of carbonyl (C=O) groups is 2. The fourth-order valence-corrected chi connectivity index (χ4v) is 4.15. The summed E-state index contributed by atoms with van der Waals surface area (Å²) in [6.07, 6.45) is 6.43. The smallest absolute Gasteiger partial charge is 0.238 e. The number of piperazine rings is 1. The molecule has 6 nitrogen and oxygen atoms in total. The molecular formula is C21H31ClN4O2. The standard InChI is InChI=1S/C21H31ClN4O2/c22-18-8-4-5-9-19(18)24-21(28)16-26-12-10-25(11-13-26)15-20(27)23-14-17-6-2-1-3-7-17/h4-5,8-9,17H,1-3,6-7,10-16H2,(H,23,27)(H,24,28). The summed E-state index contributed by atoms with van der Waals surface area (Å²) in [5, 5.41) is 6.50. The average Bonchev–Trinajstić information content (AvgIpc) is 2.70. The fourth-order valence-electron chi connectivity index (χ4n) is 3.97. The van der Waals surface area contributed by atoms with Crippen LogP contribution in [0.15, 0.2) is 24.3 Å². The maximum absolute atomic E-state index is 12.2. The number of benzene rings is 1. The molecule has 0 bridgehead atoms. The third-order valence-electron chi connectivity index (χ3n) is 5.66. The van der Waals surface area contributed by atoms with E-state index in [1.165, 1.54) is 32.1 Å². The molecule has 0 atom stereocenters. The molecule has 1 aromatic rings. The molecule has 0 radical (unpaired) electrons. The molecule has 7 heteroatoms. The summed E-state index contributed by atoms with van der Waals surface area (Å²) in [7, 11) is 0. The minimum atomic E-state index is -0.0632. The van der Waals surface area contributed by atoms with Crippen LogP contribution in [0.5, 0.6) is 0 Å². The zero-order valence-electron chi connectivity index (χ0n) is 16.5. The van der Waals surface area contributed by atoms with Crippen molar-refractivity contribution in [1.29, 1.82) is 0 Å². The Morgan fingerprint density at radius 2 is 1.54 bits per heavy atom. The highest BCUT2D eigenvalue weighted by atomic mass is 35.5. The predicted molar refractivity (Wildman–Crippen MR) is 113 cm³/mol. The van der Waals surface area contributed by atoms with E-state index in [1.54, 1.807) is 12.1 Å². The van der Waals surface area contributed by atoms with Crippen molar-refractivity contribution in [3.8, 4) is 0 Å². The molecule has 154 valence electrons. The van der Waals surface area contributed by atoms with Crippen LogP contribution in [-0.2, 0) is 9.59 Å². The third-order valence-corrected chi connectivity index (χ3v) is 5.99. The number of anilines is 1. The van der Waals surface area contributed by atoms with Crippen molar-refractivity contribution in [1.82, 2.24) is 15.1 Å². The van der Waals surface area contributed by atoms with Gasteiger partial charge in [0.25, 0.3) is 0 Å². The van der Waals surface area contributed by atoms with Crippen molar-refractivity contribution in [2.24, 2.45) is 5.92 Å². The first-order chi connectivity index (χ1) is 13.6. The molecule has 2 aliphatic rings. The van der Waals surface area contributed by atoms with Crippen LogP contribution in [0.3, 0.4) is 0 Å². The summed E-state index contributed by atoms with van der Waals surface area (Å²) in [6.45, 7) is 4.78. The van der Waals surface area contributed by atoms with Crippen LogP contribution in [0.2, 0.25) is 5.02 Å². The molecule has 1 aromatic carbocycles. The van der Waals surface area contributed by atoms with Crippen molar-refractivity contribution in [2.45, 2.75) is 32.1 Å². The maximum atomic E-state index is 12.2. The van der Waals surface area contributed by atoms with Gasteiger partial charge in [0.1, 0.15) is 0 Å². The number of hydrogen-bond acceptors (Lipinski definition) is 4. The monoisotopic (exact) mass is 406 g/mol. The Morgan fingerprint density at radius 1 is 0.929 bits per heavy atom. The number of nitrogens with one attached hydrogen (secondary N) is 2. The quantitative estimate of drug-likeness (QED) is 0.730. The normalized spacial score (nSPS) is 19.3. The topological polar surface area (TPSA) is 64.7 Å². The van der Waals surface area contributed by atoms with Crippen LogP contribution in [-0.4, -0.2) is 67.4 Å². The van der Waals surface area contributed by atoms with Crippen LogP contribution >= 0.6 is 11.6 Å². The molecule has 1 aliphatic heterocycles. The highest BCUT2D eigenvalue weighted by Gasteiger charge is 2.21. The van der Waals surface area contributed by atoms with Gasteiger partial charge in [-0.1, -0.05) is 43.0 Å². The maximum Gasteiger partial charge on any atom is 0.238 e. The highest BCUT2D eigenvalue weighted by molar-refractivity contribution is 6.33. The van der Waals surface area contributed by atoms with E-state index in [9.17, 15) is 9.59 Å². The summed E-state index contributed by atoms with van der Waals surface area (Å²) in [4.78, 5) is 28.7. The van der Waals surface area contributed by atoms with Crippen molar-refractivity contribution < 1.29 is 9.59 Å². The second kappa shape index (κ2) is 10.8. The summed E-state index contributed by atoms with van der Waals surface area (Å²) in [5.74, 6) is 0.716. The Hall–Kier alpha value is -1.63. The summed E-state index contributed by atoms with van der Waals surface area (Å²) < 4.78 is 0. The van der Waals surface area contributed by atoms with Gasteiger partial charge in [0.2, 0.25) is 11.8 Å². The lowest BCUT2D eigenvalue weighted by Gasteiger charge is -2.34. The molecule has 2 amide bonds. The predicted octanol–water partition coefficient (Wildman–Crippen LogP) is 2.59. The van der Waals surface area contributed by atoms with Gasteiger partial charge >= 0.3 is 0 Å². The zero-order chi connectivity index (χ0) is 19.8. The van der Waals surface area contributed by atoms with Gasteiger partial charge in [0.05, 0.1) is 23.8 Å². The SMILES string of the molecule is O=C(CN1CCN(CC(=O)Nc2ccccc2Cl)CC1)NCC1CCCCC1. The summed E-state index contributed by atoms with van der Waals surface area (Å²) in [5.41, 5.74) is 0.641. The second-order valence-corrected chi connectivity index (χ2v) is 8.30. The van der Waals surface area contributed by atoms with Gasteiger partial charge in [-0.15, -0.1) is 0 Å². The van der Waals surface area contributed by atoms with Crippen molar-refractivity contribution >= 4 is 29.1 Å². The molecule has 1 saturated heterocycles. The molecule has 1 saturated carbocycles. The van der Waals surface area contributed by atoms with Gasteiger partial charge < -0.3 is 10.6 Å². The molecule has 2 fully saturated rings. The Bertz CT molecular complexity index is 656. The van der Waals surface area contributed by atoms with E-state index < -0.39 is 0 Å². The van der Waals surface area contributed by atoms with Gasteiger partial charge in [-0.2, -0.15) is 0 Å². The number of nitrogens with zero attached hydrogens (tertiary/aromatic N) is 2. The van der Waals surface area contributed by atoms with Gasteiger partial charge in [0, 0.05) is 32.7 Å². The zero-order valence-corrected chi connectivity index (χ0v) is 17.2. The molecule has 0 aromatic heterocycles. The molecule has 1 aliphatic carbocycles. The number of amides is 2. The minimum Gasteiger partial charge on any atom is -0.355 e. The lowest BCUT2D eigenvalue weighted by atomic mass is 9.89. The largest absolute Gasteiger partial charge is 0.355 e. The Balaban J connectivity index is 1.32. The lowest BCUT2D eigenvalue weighted by molar-refractivity contribution is -0.123. The Kier molecular flexibility index (Phi) is 8.13. The van der Waals surface area contributed by atoms with Crippen molar-refractivity contribution in [2.75, 3.05) is 51.1 Å². The number of para-hydroxylation sites is 1. The number of halogens is 1.